The summed E-state index contributed by atoms with van der Waals surface area (Å²) in [7, 11) is -4.64. The van der Waals surface area contributed by atoms with Crippen LogP contribution in [0.2, 0.25) is 0 Å². The van der Waals surface area contributed by atoms with Crippen LogP contribution in [0.5, 0.6) is 0 Å². The summed E-state index contributed by atoms with van der Waals surface area (Å²) in [6.45, 7) is 3.18. The normalized spacial score (nSPS) is 21.3. The van der Waals surface area contributed by atoms with E-state index < -0.39 is 44.4 Å². The summed E-state index contributed by atoms with van der Waals surface area (Å²) in [6.07, 6.45) is 22.1. The zero-order chi connectivity index (χ0) is 40.2. The number of rotatable bonds is 29. The fourth-order valence-corrected chi connectivity index (χ4v) is 8.05. The van der Waals surface area contributed by atoms with Crippen LogP contribution in [-0.2, 0) is 29.7 Å². The van der Waals surface area contributed by atoms with E-state index in [1.165, 1.54) is 114 Å². The fourth-order valence-electron chi connectivity index (χ4n) is 7.20. The highest BCUT2D eigenvalue weighted by Crippen LogP contribution is 2.48. The summed E-state index contributed by atoms with van der Waals surface area (Å²) in [4.78, 5) is 18.7. The molecule has 0 spiro atoms. The first-order chi connectivity index (χ1) is 27.1. The topological polar surface area (TPSA) is 208 Å². The highest BCUT2D eigenvalue weighted by molar-refractivity contribution is 7.47. The van der Waals surface area contributed by atoms with Gasteiger partial charge in [-0.1, -0.05) is 129 Å². The van der Waals surface area contributed by atoms with Crippen LogP contribution in [0.15, 0.2) is 36.8 Å². The molecule has 1 unspecified atom stereocenters. The van der Waals surface area contributed by atoms with Gasteiger partial charge in [0.2, 0.25) is 0 Å². The molecule has 0 saturated carbocycles. The predicted molar refractivity (Wildman–Crippen MR) is 214 cm³/mol. The van der Waals surface area contributed by atoms with Gasteiger partial charge in [0.15, 0.2) is 5.82 Å². The van der Waals surface area contributed by atoms with E-state index in [0.29, 0.717) is 23.3 Å². The maximum atomic E-state index is 13.1. The number of hydrogen-bond donors (Lipinski definition) is 4. The Labute approximate surface area is 332 Å². The van der Waals surface area contributed by atoms with Crippen molar-refractivity contribution in [3.05, 3.63) is 53.7 Å². The molecule has 1 aliphatic heterocycles. The van der Waals surface area contributed by atoms with Crippen LogP contribution < -0.4 is 5.73 Å². The van der Waals surface area contributed by atoms with Crippen molar-refractivity contribution in [1.29, 1.82) is 5.26 Å². The summed E-state index contributed by atoms with van der Waals surface area (Å²) >= 11 is 0. The van der Waals surface area contributed by atoms with E-state index in [9.17, 15) is 19.7 Å². The van der Waals surface area contributed by atoms with Crippen molar-refractivity contribution >= 4 is 19.2 Å². The van der Waals surface area contributed by atoms with Gasteiger partial charge in [-0.05, 0) is 37.1 Å². The number of aliphatic hydroxyl groups excluding tert-OH is 2. The smallest absolute Gasteiger partial charge is 0.387 e. The molecule has 4 heterocycles. The molecule has 1 saturated heterocycles. The van der Waals surface area contributed by atoms with Crippen LogP contribution in [-0.4, -0.2) is 71.8 Å². The van der Waals surface area contributed by atoms with Crippen LogP contribution >= 0.6 is 7.82 Å². The number of nitrogens with zero attached hydrogens (tertiary/aromatic N) is 5. The van der Waals surface area contributed by atoms with Gasteiger partial charge in [-0.2, -0.15) is 10.4 Å². The predicted octanol–water partition coefficient (Wildman–Crippen LogP) is 8.28. The number of phosphoric ester groups is 1. The van der Waals surface area contributed by atoms with Gasteiger partial charge in [0, 0.05) is 6.20 Å². The summed E-state index contributed by atoms with van der Waals surface area (Å²) in [6, 6.07) is 8.69. The molecule has 0 aromatic carbocycles. The van der Waals surface area contributed by atoms with Gasteiger partial charge < -0.3 is 30.3 Å². The van der Waals surface area contributed by atoms with E-state index in [1.54, 1.807) is 30.5 Å². The SMILES string of the molecule is CCCCCCCCCCCCCCCCCCCC[C@H](COP(=O)(O)OC[C@@]1(C)O[C@@H](c2ccc3c(N)ncnn23)[C@H](O)[C@@H]1O)OCc1ccc(C#N)nc1. The Kier molecular flexibility index (Phi) is 19.6. The summed E-state index contributed by atoms with van der Waals surface area (Å²) < 4.78 is 37.5. The number of nitrogens with two attached hydrogens (primary N) is 1. The van der Waals surface area contributed by atoms with E-state index in [0.717, 1.165) is 24.8 Å². The highest BCUT2D eigenvalue weighted by Gasteiger charge is 2.53. The molecule has 1 fully saturated rings. The number of phosphoric acid groups is 1. The van der Waals surface area contributed by atoms with E-state index in [4.69, 9.17) is 29.5 Å². The minimum Gasteiger partial charge on any atom is -0.387 e. The van der Waals surface area contributed by atoms with Gasteiger partial charge in [-0.3, -0.25) is 9.05 Å². The number of ether oxygens (including phenoxy) is 2. The Hall–Kier alpha value is -2.99. The average Bonchev–Trinajstić information content (AvgIpc) is 3.73. The lowest BCUT2D eigenvalue weighted by Gasteiger charge is -2.28. The Morgan fingerprint density at radius 3 is 2.09 bits per heavy atom. The molecular formula is C41H65N6O8P. The number of aromatic nitrogens is 4. The Morgan fingerprint density at radius 2 is 1.52 bits per heavy atom. The zero-order valence-electron chi connectivity index (χ0n) is 33.5. The number of unbranched alkanes of at least 4 members (excludes halogenated alkanes) is 17. The molecule has 56 heavy (non-hydrogen) atoms. The maximum Gasteiger partial charge on any atom is 0.472 e. The molecule has 312 valence electrons. The quantitative estimate of drug-likeness (QED) is 0.0385. The fraction of sp³-hybridized carbons (Fsp3) is 0.707. The van der Waals surface area contributed by atoms with E-state index in [2.05, 4.69) is 22.0 Å². The molecule has 5 N–H and O–H groups in total. The molecule has 15 heteroatoms. The molecule has 0 radical (unpaired) electrons. The first kappa shape index (κ1) is 45.7. The molecule has 0 amide bonds. The number of hydrogen-bond acceptors (Lipinski definition) is 12. The van der Waals surface area contributed by atoms with Gasteiger partial charge in [0.1, 0.15) is 47.5 Å². The second-order valence-electron chi connectivity index (χ2n) is 15.4. The van der Waals surface area contributed by atoms with Crippen LogP contribution in [0, 0.1) is 11.3 Å². The lowest BCUT2D eigenvalue weighted by molar-refractivity contribution is -0.101. The first-order valence-corrected chi connectivity index (χ1v) is 22.3. The van der Waals surface area contributed by atoms with Crippen molar-refractivity contribution < 1.29 is 38.2 Å². The maximum absolute atomic E-state index is 13.1. The van der Waals surface area contributed by atoms with Crippen LogP contribution in [0.1, 0.15) is 159 Å². The van der Waals surface area contributed by atoms with Crippen molar-refractivity contribution in [3.8, 4) is 6.07 Å². The minimum atomic E-state index is -4.64. The van der Waals surface area contributed by atoms with E-state index in [-0.39, 0.29) is 19.0 Å². The van der Waals surface area contributed by atoms with Gasteiger partial charge in [-0.15, -0.1) is 0 Å². The Balaban J connectivity index is 1.16. The second kappa shape index (κ2) is 24.1. The molecule has 3 aromatic rings. The molecule has 3 aromatic heterocycles. The highest BCUT2D eigenvalue weighted by atomic mass is 31.2. The van der Waals surface area contributed by atoms with Crippen molar-refractivity contribution in [2.75, 3.05) is 18.9 Å². The number of anilines is 1. The monoisotopic (exact) mass is 800 g/mol. The number of pyridine rings is 1. The molecule has 0 bridgehead atoms. The van der Waals surface area contributed by atoms with Crippen molar-refractivity contribution in [1.82, 2.24) is 19.6 Å². The van der Waals surface area contributed by atoms with Crippen LogP contribution in [0.3, 0.4) is 0 Å². The minimum absolute atomic E-state index is 0.185. The molecular weight excluding hydrogens is 735 g/mol. The van der Waals surface area contributed by atoms with Gasteiger partial charge in [0.05, 0.1) is 31.6 Å². The summed E-state index contributed by atoms with van der Waals surface area (Å²) in [5.41, 5.74) is 6.37. The standard InChI is InChI=1S/C41H65N6O8P/c1-3-4-5-6-7-8-9-10-11-12-13-14-15-16-17-18-19-20-21-34(52-28-32-22-23-33(26-42)44-27-32)29-53-56(50,51)54-30-41(2)39(49)37(48)38(55-41)35-24-25-36-40(43)45-31-46-47(35)36/h22-25,27,31,34,37-39,48-49H,3-21,28-30H2,1-2H3,(H,50,51)(H2,43,45,46)/t34-,37+,38+,39+,41-/m1/s1. The molecule has 14 nitrogen and oxygen atoms in total. The first-order valence-electron chi connectivity index (χ1n) is 20.8. The summed E-state index contributed by atoms with van der Waals surface area (Å²) in [5, 5.41) is 35.1. The third kappa shape index (κ3) is 14.7. The van der Waals surface area contributed by atoms with Crippen molar-refractivity contribution in [3.63, 3.8) is 0 Å². The third-order valence-electron chi connectivity index (χ3n) is 10.7. The van der Waals surface area contributed by atoms with Gasteiger partial charge >= 0.3 is 7.82 Å². The zero-order valence-corrected chi connectivity index (χ0v) is 34.4. The van der Waals surface area contributed by atoms with E-state index >= 15 is 0 Å². The molecule has 6 atom stereocenters. The van der Waals surface area contributed by atoms with Gasteiger partial charge in [0.25, 0.3) is 0 Å². The molecule has 4 rings (SSSR count). The Bertz CT molecular complexity index is 1650. The average molecular weight is 801 g/mol. The number of nitrogen functional groups attached to an aromatic ring is 1. The number of aliphatic hydroxyl groups is 2. The van der Waals surface area contributed by atoms with Crippen molar-refractivity contribution in [2.45, 2.75) is 172 Å². The largest absolute Gasteiger partial charge is 0.472 e. The summed E-state index contributed by atoms with van der Waals surface area (Å²) in [5.74, 6) is 0.236. The third-order valence-corrected chi connectivity index (χ3v) is 11.6. The lowest BCUT2D eigenvalue weighted by Crippen LogP contribution is -2.44. The second-order valence-corrected chi connectivity index (χ2v) is 16.9. The lowest BCUT2D eigenvalue weighted by atomic mass is 9.97. The van der Waals surface area contributed by atoms with Crippen molar-refractivity contribution in [2.24, 2.45) is 0 Å². The molecule has 0 aliphatic carbocycles. The Morgan fingerprint density at radius 1 is 0.911 bits per heavy atom. The molecule has 1 aliphatic rings. The number of fused-ring (bicyclic) bond motifs is 1. The van der Waals surface area contributed by atoms with E-state index in [1.807, 2.05) is 6.07 Å². The number of nitriles is 1. The van der Waals surface area contributed by atoms with Crippen LogP contribution in [0.4, 0.5) is 5.82 Å². The van der Waals surface area contributed by atoms with Gasteiger partial charge in [-0.25, -0.2) is 19.0 Å². The van der Waals surface area contributed by atoms with Crippen LogP contribution in [0.25, 0.3) is 5.52 Å².